The van der Waals surface area contributed by atoms with E-state index in [1.165, 1.54) is 37.5 Å². The third-order valence-corrected chi connectivity index (χ3v) is 3.59. The highest BCUT2D eigenvalue weighted by molar-refractivity contribution is 5.74. The Hall–Kier alpha value is -1.18. The van der Waals surface area contributed by atoms with Crippen molar-refractivity contribution in [2.24, 2.45) is 0 Å². The first kappa shape index (κ1) is 12.3. The van der Waals surface area contributed by atoms with Crippen molar-refractivity contribution < 1.29 is 4.42 Å². The van der Waals surface area contributed by atoms with Crippen LogP contribution in [0.2, 0.25) is 0 Å². The number of hydrogen-bond acceptors (Lipinski definition) is 1. The van der Waals surface area contributed by atoms with Crippen molar-refractivity contribution in [1.29, 1.82) is 0 Å². The Balaban J connectivity index is 2.07. The van der Waals surface area contributed by atoms with E-state index in [1.54, 1.807) is 6.26 Å². The third kappa shape index (κ3) is 2.56. The lowest BCUT2D eigenvalue weighted by molar-refractivity contribution is 0.312. The molecular formula is C15H23NO. The first-order chi connectivity index (χ1) is 8.15. The van der Waals surface area contributed by atoms with Gasteiger partial charge in [-0.2, -0.15) is 0 Å². The van der Waals surface area contributed by atoms with Gasteiger partial charge in [0.1, 0.15) is 0 Å². The molecule has 0 aliphatic rings. The molecule has 0 radical (unpaired) electrons. The Kier molecular flexibility index (Phi) is 3.60. The van der Waals surface area contributed by atoms with Crippen LogP contribution in [0.15, 0.2) is 29.0 Å². The van der Waals surface area contributed by atoms with Crippen LogP contribution in [0.4, 0.5) is 0 Å². The maximum atomic E-state index is 5.57. The quantitative estimate of drug-likeness (QED) is 0.646. The van der Waals surface area contributed by atoms with Gasteiger partial charge >= 0.3 is 0 Å². The lowest BCUT2D eigenvalue weighted by Gasteiger charge is -2.27. The first-order valence-corrected chi connectivity index (χ1v) is 6.70. The molecule has 0 saturated heterocycles. The Morgan fingerprint density at radius 2 is 2.00 bits per heavy atom. The summed E-state index contributed by atoms with van der Waals surface area (Å²) < 4.78 is 7.84. The average molecular weight is 233 g/mol. The molecule has 0 unspecified atom stereocenters. The van der Waals surface area contributed by atoms with E-state index in [0.29, 0.717) is 0 Å². The number of hydrogen-bond donors (Lipinski definition) is 0. The number of nitrogens with zero attached hydrogens (tertiary/aromatic N) is 1. The predicted molar refractivity (Wildman–Crippen MR) is 72.3 cm³/mol. The zero-order valence-electron chi connectivity index (χ0n) is 11.2. The van der Waals surface area contributed by atoms with Gasteiger partial charge in [0, 0.05) is 17.1 Å². The summed E-state index contributed by atoms with van der Waals surface area (Å²) in [7, 11) is 0. The van der Waals surface area contributed by atoms with Crippen molar-refractivity contribution in [1.82, 2.24) is 4.57 Å². The summed E-state index contributed by atoms with van der Waals surface area (Å²) in [6, 6.07) is 4.16. The minimum Gasteiger partial charge on any atom is -0.448 e. The second-order valence-corrected chi connectivity index (χ2v) is 5.49. The van der Waals surface area contributed by atoms with Crippen LogP contribution >= 0.6 is 0 Å². The molecule has 0 spiro atoms. The molecular weight excluding hydrogens is 210 g/mol. The standard InChI is InChI=1S/C15H23NO/c1-4-5-6-7-10-15(2,3)16-11-8-13-9-12-17-14(13)16/h8-9,11-12H,4-7,10H2,1-3H3. The number of aromatic nitrogens is 1. The van der Waals surface area contributed by atoms with Crippen molar-refractivity contribution in [3.8, 4) is 0 Å². The largest absolute Gasteiger partial charge is 0.448 e. The molecule has 0 aromatic carbocycles. The van der Waals surface area contributed by atoms with Crippen molar-refractivity contribution in [3.63, 3.8) is 0 Å². The van der Waals surface area contributed by atoms with E-state index in [9.17, 15) is 0 Å². The highest BCUT2D eigenvalue weighted by atomic mass is 16.3. The third-order valence-electron chi connectivity index (χ3n) is 3.59. The molecule has 0 fully saturated rings. The lowest BCUT2D eigenvalue weighted by Crippen LogP contribution is -2.25. The molecule has 2 aromatic rings. The van der Waals surface area contributed by atoms with Crippen LogP contribution in [0.1, 0.15) is 52.9 Å². The highest BCUT2D eigenvalue weighted by Gasteiger charge is 2.22. The fourth-order valence-electron chi connectivity index (χ4n) is 2.44. The summed E-state index contributed by atoms with van der Waals surface area (Å²) in [5, 5.41) is 1.20. The second-order valence-electron chi connectivity index (χ2n) is 5.49. The molecule has 0 bridgehead atoms. The monoisotopic (exact) mass is 233 g/mol. The van der Waals surface area contributed by atoms with Crippen molar-refractivity contribution in [3.05, 3.63) is 24.6 Å². The molecule has 2 aromatic heterocycles. The van der Waals surface area contributed by atoms with Gasteiger partial charge in [0.15, 0.2) is 0 Å². The Labute approximate surface area is 104 Å². The fraction of sp³-hybridized carbons (Fsp3) is 0.600. The van der Waals surface area contributed by atoms with E-state index in [0.717, 1.165) is 5.71 Å². The van der Waals surface area contributed by atoms with E-state index in [4.69, 9.17) is 4.42 Å². The van der Waals surface area contributed by atoms with Gasteiger partial charge in [0.2, 0.25) is 5.71 Å². The summed E-state index contributed by atoms with van der Waals surface area (Å²) in [5.41, 5.74) is 1.15. The van der Waals surface area contributed by atoms with E-state index < -0.39 is 0 Å². The molecule has 0 saturated carbocycles. The van der Waals surface area contributed by atoms with Crippen LogP contribution in [0.3, 0.4) is 0 Å². The van der Waals surface area contributed by atoms with E-state index in [2.05, 4.69) is 37.6 Å². The summed E-state index contributed by atoms with van der Waals surface area (Å²) in [4.78, 5) is 0. The van der Waals surface area contributed by atoms with Gasteiger partial charge < -0.3 is 8.98 Å². The number of unbranched alkanes of at least 4 members (excludes halogenated alkanes) is 3. The van der Waals surface area contributed by atoms with Crippen LogP contribution in [0, 0.1) is 0 Å². The predicted octanol–water partition coefficient (Wildman–Crippen LogP) is 4.94. The maximum Gasteiger partial charge on any atom is 0.207 e. The molecule has 2 heterocycles. The zero-order valence-corrected chi connectivity index (χ0v) is 11.2. The van der Waals surface area contributed by atoms with Crippen LogP contribution < -0.4 is 0 Å². The molecule has 0 aliphatic carbocycles. The highest BCUT2D eigenvalue weighted by Crippen LogP contribution is 2.29. The minimum atomic E-state index is 0.146. The van der Waals surface area contributed by atoms with Crippen molar-refractivity contribution in [2.75, 3.05) is 0 Å². The van der Waals surface area contributed by atoms with Crippen molar-refractivity contribution in [2.45, 2.75) is 58.4 Å². The first-order valence-electron chi connectivity index (χ1n) is 6.70. The normalized spacial score (nSPS) is 12.4. The molecule has 2 nitrogen and oxygen atoms in total. The minimum absolute atomic E-state index is 0.146. The van der Waals surface area contributed by atoms with E-state index >= 15 is 0 Å². The van der Waals surface area contributed by atoms with Gasteiger partial charge in [-0.25, -0.2) is 0 Å². The molecule has 94 valence electrons. The van der Waals surface area contributed by atoms with Crippen LogP contribution in [0.5, 0.6) is 0 Å². The summed E-state index contributed by atoms with van der Waals surface area (Å²) in [6.45, 7) is 6.84. The average Bonchev–Trinajstić information content (AvgIpc) is 2.85. The zero-order chi connectivity index (χ0) is 12.3. The van der Waals surface area contributed by atoms with E-state index in [1.807, 2.05) is 6.07 Å². The number of furan rings is 1. The second kappa shape index (κ2) is 4.99. The molecule has 0 aliphatic heterocycles. The van der Waals surface area contributed by atoms with E-state index in [-0.39, 0.29) is 5.54 Å². The van der Waals surface area contributed by atoms with Crippen LogP contribution in [-0.4, -0.2) is 4.57 Å². The Morgan fingerprint density at radius 3 is 2.76 bits per heavy atom. The maximum absolute atomic E-state index is 5.57. The molecule has 0 atom stereocenters. The smallest absolute Gasteiger partial charge is 0.207 e. The molecule has 2 heteroatoms. The van der Waals surface area contributed by atoms with Crippen molar-refractivity contribution >= 4 is 11.1 Å². The van der Waals surface area contributed by atoms with Gasteiger partial charge in [-0.05, 0) is 32.4 Å². The topological polar surface area (TPSA) is 18.1 Å². The van der Waals surface area contributed by atoms with Gasteiger partial charge in [-0.15, -0.1) is 0 Å². The van der Waals surface area contributed by atoms with Gasteiger partial charge in [-0.3, -0.25) is 0 Å². The number of fused-ring (bicyclic) bond motifs is 1. The Bertz CT molecular complexity index is 464. The molecule has 17 heavy (non-hydrogen) atoms. The van der Waals surface area contributed by atoms with Gasteiger partial charge in [-0.1, -0.05) is 32.6 Å². The van der Waals surface area contributed by atoms with Crippen LogP contribution in [-0.2, 0) is 5.54 Å². The van der Waals surface area contributed by atoms with Gasteiger partial charge in [0.05, 0.1) is 6.26 Å². The summed E-state index contributed by atoms with van der Waals surface area (Å²) in [6.07, 6.45) is 10.4. The lowest BCUT2D eigenvalue weighted by atomic mass is 9.96. The molecule has 2 rings (SSSR count). The molecule has 0 amide bonds. The SMILES string of the molecule is CCCCCCC(C)(C)n1ccc2ccoc21. The Morgan fingerprint density at radius 1 is 1.18 bits per heavy atom. The van der Waals surface area contributed by atoms with Gasteiger partial charge in [0.25, 0.3) is 0 Å². The van der Waals surface area contributed by atoms with Crippen LogP contribution in [0.25, 0.3) is 11.1 Å². The molecule has 0 N–H and O–H groups in total. The summed E-state index contributed by atoms with van der Waals surface area (Å²) >= 11 is 0. The number of rotatable bonds is 6. The summed E-state index contributed by atoms with van der Waals surface area (Å²) in [5.74, 6) is 0. The fourth-order valence-corrected chi connectivity index (χ4v) is 2.44.